The Kier molecular flexibility index (Phi) is 2.21. The summed E-state index contributed by atoms with van der Waals surface area (Å²) in [6.45, 7) is 2.05. The summed E-state index contributed by atoms with van der Waals surface area (Å²) in [6.07, 6.45) is 5.07. The Morgan fingerprint density at radius 2 is 2.06 bits per heavy atom. The topological polar surface area (TPSA) is 29.5 Å². The van der Waals surface area contributed by atoms with Gasteiger partial charge in [0.2, 0.25) is 0 Å². The molecule has 0 aromatic heterocycles. The molecule has 16 heavy (non-hydrogen) atoms. The smallest absolute Gasteiger partial charge is 0.125 e. The highest BCUT2D eigenvalue weighted by Gasteiger charge is 2.42. The highest BCUT2D eigenvalue weighted by molar-refractivity contribution is 5.41. The number of benzene rings is 1. The van der Waals surface area contributed by atoms with E-state index in [0.29, 0.717) is 0 Å². The van der Waals surface area contributed by atoms with Gasteiger partial charge in [-0.05, 0) is 44.7 Å². The van der Waals surface area contributed by atoms with Crippen LogP contribution in [-0.2, 0) is 0 Å². The highest BCUT2D eigenvalue weighted by Crippen LogP contribution is 2.47. The molecule has 1 aromatic rings. The monoisotopic (exact) mass is 218 g/mol. The van der Waals surface area contributed by atoms with Crippen LogP contribution in [0.4, 0.5) is 0 Å². The summed E-state index contributed by atoms with van der Waals surface area (Å²) >= 11 is 0. The Hall–Kier alpha value is -1.02. The number of ether oxygens (including phenoxy) is 1. The van der Waals surface area contributed by atoms with Crippen LogP contribution >= 0.6 is 0 Å². The Labute approximate surface area is 96.2 Å². The van der Waals surface area contributed by atoms with Crippen LogP contribution in [0.3, 0.4) is 0 Å². The number of aliphatic hydroxyl groups excluding tert-OH is 1. The van der Waals surface area contributed by atoms with Gasteiger partial charge in [-0.1, -0.05) is 11.6 Å². The molecule has 1 spiro atoms. The zero-order valence-electron chi connectivity index (χ0n) is 9.70. The summed E-state index contributed by atoms with van der Waals surface area (Å²) in [7, 11) is 0. The molecule has 2 aliphatic rings. The fourth-order valence-electron chi connectivity index (χ4n) is 3.08. The maximum atomic E-state index is 10.2. The van der Waals surface area contributed by atoms with Gasteiger partial charge in [-0.25, -0.2) is 0 Å². The van der Waals surface area contributed by atoms with Crippen LogP contribution in [0.1, 0.15) is 49.3 Å². The van der Waals surface area contributed by atoms with E-state index in [4.69, 9.17) is 4.74 Å². The van der Waals surface area contributed by atoms with Crippen LogP contribution in [0.15, 0.2) is 18.2 Å². The SMILES string of the molecule is Cc1ccc2c(c1)[C@@H](O)CC1(CCCC1)O2. The number of rotatable bonds is 0. The minimum atomic E-state index is -0.346. The average molecular weight is 218 g/mol. The van der Waals surface area contributed by atoms with Crippen molar-refractivity contribution in [3.05, 3.63) is 29.3 Å². The quantitative estimate of drug-likeness (QED) is 0.725. The minimum absolute atomic E-state index is 0.0678. The highest BCUT2D eigenvalue weighted by atomic mass is 16.5. The summed E-state index contributed by atoms with van der Waals surface area (Å²) in [6, 6.07) is 6.11. The fraction of sp³-hybridized carbons (Fsp3) is 0.571. The van der Waals surface area contributed by atoms with E-state index in [1.807, 2.05) is 19.1 Å². The Balaban J connectivity index is 1.99. The average Bonchev–Trinajstić information content (AvgIpc) is 2.68. The Morgan fingerprint density at radius 3 is 2.81 bits per heavy atom. The van der Waals surface area contributed by atoms with E-state index < -0.39 is 0 Å². The van der Waals surface area contributed by atoms with Crippen molar-refractivity contribution in [1.82, 2.24) is 0 Å². The van der Waals surface area contributed by atoms with E-state index in [2.05, 4.69) is 6.07 Å². The van der Waals surface area contributed by atoms with Gasteiger partial charge in [-0.2, -0.15) is 0 Å². The molecule has 3 rings (SSSR count). The van der Waals surface area contributed by atoms with E-state index in [-0.39, 0.29) is 11.7 Å². The summed E-state index contributed by atoms with van der Waals surface area (Å²) in [5.74, 6) is 0.895. The molecule has 1 atom stereocenters. The van der Waals surface area contributed by atoms with Crippen LogP contribution in [0.5, 0.6) is 5.75 Å². The minimum Gasteiger partial charge on any atom is -0.487 e. The van der Waals surface area contributed by atoms with Crippen LogP contribution in [0, 0.1) is 6.92 Å². The molecule has 86 valence electrons. The second-order valence-electron chi connectivity index (χ2n) is 5.25. The summed E-state index contributed by atoms with van der Waals surface area (Å²) in [4.78, 5) is 0. The van der Waals surface area contributed by atoms with Crippen LogP contribution in [-0.4, -0.2) is 10.7 Å². The molecule has 1 aliphatic carbocycles. The van der Waals surface area contributed by atoms with Crippen LogP contribution < -0.4 is 4.74 Å². The van der Waals surface area contributed by atoms with Gasteiger partial charge in [0.1, 0.15) is 11.4 Å². The van der Waals surface area contributed by atoms with E-state index in [1.165, 1.54) is 18.4 Å². The molecule has 1 aromatic carbocycles. The van der Waals surface area contributed by atoms with Gasteiger partial charge in [0.25, 0.3) is 0 Å². The largest absolute Gasteiger partial charge is 0.487 e. The number of hydrogen-bond acceptors (Lipinski definition) is 2. The maximum Gasteiger partial charge on any atom is 0.125 e. The first-order chi connectivity index (χ1) is 7.69. The molecule has 1 aliphatic heterocycles. The standard InChI is InChI=1S/C14H18O2/c1-10-4-5-13-11(8-10)12(15)9-14(16-13)6-2-3-7-14/h4-5,8,12,15H,2-3,6-7,9H2,1H3/t12-/m0/s1. The van der Waals surface area contributed by atoms with Gasteiger partial charge in [-0.15, -0.1) is 0 Å². The zero-order chi connectivity index (χ0) is 11.2. The van der Waals surface area contributed by atoms with Crippen molar-refractivity contribution in [3.8, 4) is 5.75 Å². The lowest BCUT2D eigenvalue weighted by Gasteiger charge is -2.38. The fourth-order valence-corrected chi connectivity index (χ4v) is 3.08. The summed E-state index contributed by atoms with van der Waals surface area (Å²) in [5, 5.41) is 10.2. The van der Waals surface area contributed by atoms with E-state index in [9.17, 15) is 5.11 Å². The van der Waals surface area contributed by atoms with Gasteiger partial charge in [0.15, 0.2) is 0 Å². The molecule has 0 radical (unpaired) electrons. The zero-order valence-corrected chi connectivity index (χ0v) is 9.70. The van der Waals surface area contributed by atoms with Gasteiger partial charge in [0, 0.05) is 12.0 Å². The molecule has 1 N–H and O–H groups in total. The van der Waals surface area contributed by atoms with Gasteiger partial charge in [-0.3, -0.25) is 0 Å². The predicted molar refractivity (Wildman–Crippen MR) is 62.6 cm³/mol. The molecular weight excluding hydrogens is 200 g/mol. The van der Waals surface area contributed by atoms with Crippen molar-refractivity contribution in [2.45, 2.75) is 50.7 Å². The maximum absolute atomic E-state index is 10.2. The van der Waals surface area contributed by atoms with Crippen molar-refractivity contribution in [2.75, 3.05) is 0 Å². The molecule has 0 saturated heterocycles. The van der Waals surface area contributed by atoms with E-state index >= 15 is 0 Å². The summed E-state index contributed by atoms with van der Waals surface area (Å²) < 4.78 is 6.15. The van der Waals surface area contributed by atoms with Crippen molar-refractivity contribution in [2.24, 2.45) is 0 Å². The van der Waals surface area contributed by atoms with Crippen molar-refractivity contribution >= 4 is 0 Å². The van der Waals surface area contributed by atoms with Crippen molar-refractivity contribution in [3.63, 3.8) is 0 Å². The van der Waals surface area contributed by atoms with E-state index in [0.717, 1.165) is 30.6 Å². The lowest BCUT2D eigenvalue weighted by atomic mass is 9.87. The normalized spacial score (nSPS) is 26.5. The van der Waals surface area contributed by atoms with Gasteiger partial charge < -0.3 is 9.84 Å². The molecule has 1 heterocycles. The Bertz CT molecular complexity index is 405. The summed E-state index contributed by atoms with van der Waals surface area (Å²) in [5.41, 5.74) is 2.09. The number of aryl methyl sites for hydroxylation is 1. The second kappa shape index (κ2) is 3.49. The molecule has 0 unspecified atom stereocenters. The number of fused-ring (bicyclic) bond motifs is 1. The van der Waals surface area contributed by atoms with Crippen molar-refractivity contribution in [1.29, 1.82) is 0 Å². The van der Waals surface area contributed by atoms with Crippen molar-refractivity contribution < 1.29 is 9.84 Å². The third-order valence-corrected chi connectivity index (χ3v) is 3.93. The molecule has 2 heteroatoms. The number of hydrogen-bond donors (Lipinski definition) is 1. The Morgan fingerprint density at radius 1 is 1.31 bits per heavy atom. The number of aliphatic hydroxyl groups is 1. The first-order valence-electron chi connectivity index (χ1n) is 6.16. The predicted octanol–water partition coefficient (Wildman–Crippen LogP) is 3.12. The van der Waals surface area contributed by atoms with E-state index in [1.54, 1.807) is 0 Å². The molecular formula is C14H18O2. The second-order valence-corrected chi connectivity index (χ2v) is 5.25. The van der Waals surface area contributed by atoms with Crippen LogP contribution in [0.25, 0.3) is 0 Å². The van der Waals surface area contributed by atoms with Gasteiger partial charge in [0.05, 0.1) is 6.10 Å². The molecule has 0 bridgehead atoms. The molecule has 1 saturated carbocycles. The molecule has 2 nitrogen and oxygen atoms in total. The first kappa shape index (κ1) is 10.2. The third-order valence-electron chi connectivity index (χ3n) is 3.93. The third kappa shape index (κ3) is 1.52. The van der Waals surface area contributed by atoms with Gasteiger partial charge >= 0.3 is 0 Å². The molecule has 1 fully saturated rings. The first-order valence-corrected chi connectivity index (χ1v) is 6.16. The lowest BCUT2D eigenvalue weighted by Crippen LogP contribution is -2.38. The van der Waals surface area contributed by atoms with Crippen LogP contribution in [0.2, 0.25) is 0 Å². The lowest BCUT2D eigenvalue weighted by molar-refractivity contribution is -0.00941. The molecule has 0 amide bonds.